The highest BCUT2D eigenvalue weighted by atomic mass is 32.2. The van der Waals surface area contributed by atoms with Gasteiger partial charge in [0.25, 0.3) is 0 Å². The highest BCUT2D eigenvalue weighted by Crippen LogP contribution is 2.28. The molecule has 0 radical (unpaired) electrons. The van der Waals surface area contributed by atoms with Crippen LogP contribution in [0.25, 0.3) is 0 Å². The Morgan fingerprint density at radius 1 is 1.21 bits per heavy atom. The number of hydrogen-bond donors (Lipinski definition) is 1. The Bertz CT molecular complexity index is 758. The van der Waals surface area contributed by atoms with Crippen LogP contribution in [0.2, 0.25) is 0 Å². The minimum Gasteiger partial charge on any atom is -0.493 e. The fourth-order valence-electron chi connectivity index (χ4n) is 3.45. The fraction of sp³-hybridized carbons (Fsp3) is 0.667. The van der Waals surface area contributed by atoms with Crippen LogP contribution in [0.5, 0.6) is 11.5 Å². The monoisotopic (exact) mass is 426 g/mol. The van der Waals surface area contributed by atoms with Crippen LogP contribution in [0, 0.1) is 0 Å². The molecule has 0 aliphatic carbocycles. The van der Waals surface area contributed by atoms with Crippen molar-refractivity contribution in [3.8, 4) is 11.5 Å². The Balaban J connectivity index is 1.80. The van der Waals surface area contributed by atoms with Crippen LogP contribution in [-0.4, -0.2) is 57.8 Å². The molecule has 1 saturated heterocycles. The SMILES string of the molecule is CCCCS(=O)(=O)NC1CCN(C(=O)CCc2ccc(OCC)c(OC)c2)CC1. The van der Waals surface area contributed by atoms with Crippen molar-refractivity contribution in [2.24, 2.45) is 0 Å². The van der Waals surface area contributed by atoms with E-state index in [4.69, 9.17) is 9.47 Å². The van der Waals surface area contributed by atoms with Gasteiger partial charge in [-0.25, -0.2) is 13.1 Å². The van der Waals surface area contributed by atoms with Crippen molar-refractivity contribution in [3.05, 3.63) is 23.8 Å². The molecule has 1 aromatic rings. The summed E-state index contributed by atoms with van der Waals surface area (Å²) in [5.41, 5.74) is 1.03. The molecule has 0 aromatic heterocycles. The maximum Gasteiger partial charge on any atom is 0.222 e. The highest BCUT2D eigenvalue weighted by Gasteiger charge is 2.25. The van der Waals surface area contributed by atoms with Crippen molar-refractivity contribution in [3.63, 3.8) is 0 Å². The molecule has 0 saturated carbocycles. The number of unbranched alkanes of at least 4 members (excludes halogenated alkanes) is 1. The van der Waals surface area contributed by atoms with E-state index in [0.717, 1.165) is 12.0 Å². The number of aryl methyl sites for hydroxylation is 1. The van der Waals surface area contributed by atoms with Crippen LogP contribution in [0.15, 0.2) is 18.2 Å². The summed E-state index contributed by atoms with van der Waals surface area (Å²) in [6.07, 6.45) is 3.90. The second kappa shape index (κ2) is 11.4. The lowest BCUT2D eigenvalue weighted by molar-refractivity contribution is -0.132. The molecule has 1 heterocycles. The molecule has 1 aromatic carbocycles. The van der Waals surface area contributed by atoms with Gasteiger partial charge in [-0.2, -0.15) is 0 Å². The Labute approximate surface area is 174 Å². The zero-order chi connectivity index (χ0) is 21.3. The maximum atomic E-state index is 12.6. The molecule has 1 aliphatic rings. The number of carbonyl (C=O) groups excluding carboxylic acids is 1. The molecule has 0 unspecified atom stereocenters. The third kappa shape index (κ3) is 7.51. The van der Waals surface area contributed by atoms with E-state index in [2.05, 4.69) is 4.72 Å². The lowest BCUT2D eigenvalue weighted by atomic mass is 10.0. The fourth-order valence-corrected chi connectivity index (χ4v) is 4.98. The largest absolute Gasteiger partial charge is 0.493 e. The van der Waals surface area contributed by atoms with E-state index in [1.807, 2.05) is 36.9 Å². The Morgan fingerprint density at radius 3 is 2.55 bits per heavy atom. The minimum atomic E-state index is -3.22. The lowest BCUT2D eigenvalue weighted by Crippen LogP contribution is -2.47. The van der Waals surface area contributed by atoms with Crippen molar-refractivity contribution in [2.75, 3.05) is 32.6 Å². The molecule has 1 amide bonds. The van der Waals surface area contributed by atoms with Crippen LogP contribution in [0.3, 0.4) is 0 Å². The number of sulfonamides is 1. The number of benzene rings is 1. The van der Waals surface area contributed by atoms with Crippen molar-refractivity contribution >= 4 is 15.9 Å². The summed E-state index contributed by atoms with van der Waals surface area (Å²) >= 11 is 0. The zero-order valence-corrected chi connectivity index (χ0v) is 18.6. The first-order chi connectivity index (χ1) is 13.9. The van der Waals surface area contributed by atoms with E-state index in [1.165, 1.54) is 0 Å². The van der Waals surface area contributed by atoms with Gasteiger partial charge in [0.2, 0.25) is 15.9 Å². The first kappa shape index (κ1) is 23.5. The van der Waals surface area contributed by atoms with E-state index in [0.29, 0.717) is 63.3 Å². The van der Waals surface area contributed by atoms with E-state index in [9.17, 15) is 13.2 Å². The van der Waals surface area contributed by atoms with Gasteiger partial charge in [0.15, 0.2) is 11.5 Å². The van der Waals surface area contributed by atoms with Crippen molar-refractivity contribution in [1.82, 2.24) is 9.62 Å². The summed E-state index contributed by atoms with van der Waals surface area (Å²) < 4.78 is 37.7. The summed E-state index contributed by atoms with van der Waals surface area (Å²) in [6.45, 7) is 5.64. The molecule has 0 spiro atoms. The molecule has 0 bridgehead atoms. The molecular formula is C21H34N2O5S. The number of likely N-dealkylation sites (tertiary alicyclic amines) is 1. The number of piperidine rings is 1. The van der Waals surface area contributed by atoms with E-state index in [-0.39, 0.29) is 17.7 Å². The van der Waals surface area contributed by atoms with Gasteiger partial charge < -0.3 is 14.4 Å². The van der Waals surface area contributed by atoms with Crippen molar-refractivity contribution in [1.29, 1.82) is 0 Å². The zero-order valence-electron chi connectivity index (χ0n) is 17.8. The van der Waals surface area contributed by atoms with Gasteiger partial charge in [-0.15, -0.1) is 0 Å². The Hall–Kier alpha value is -1.80. The predicted molar refractivity (Wildman–Crippen MR) is 114 cm³/mol. The maximum absolute atomic E-state index is 12.6. The molecule has 0 atom stereocenters. The molecular weight excluding hydrogens is 392 g/mol. The smallest absolute Gasteiger partial charge is 0.222 e. The molecule has 8 heteroatoms. The summed E-state index contributed by atoms with van der Waals surface area (Å²) in [5.74, 6) is 1.65. The Morgan fingerprint density at radius 2 is 1.93 bits per heavy atom. The summed E-state index contributed by atoms with van der Waals surface area (Å²) in [7, 11) is -1.61. The number of amides is 1. The molecule has 7 nitrogen and oxygen atoms in total. The second-order valence-corrected chi connectivity index (χ2v) is 9.24. The average molecular weight is 427 g/mol. The van der Waals surface area contributed by atoms with Gasteiger partial charge in [0.1, 0.15) is 0 Å². The van der Waals surface area contributed by atoms with Crippen LogP contribution in [0.1, 0.15) is 51.5 Å². The highest BCUT2D eigenvalue weighted by molar-refractivity contribution is 7.89. The van der Waals surface area contributed by atoms with E-state index >= 15 is 0 Å². The first-order valence-corrected chi connectivity index (χ1v) is 12.1. The quantitative estimate of drug-likeness (QED) is 0.588. The van der Waals surface area contributed by atoms with Crippen LogP contribution in [-0.2, 0) is 21.2 Å². The summed E-state index contributed by atoms with van der Waals surface area (Å²) in [6, 6.07) is 5.67. The second-order valence-electron chi connectivity index (χ2n) is 7.36. The van der Waals surface area contributed by atoms with E-state index < -0.39 is 10.0 Å². The number of nitrogens with one attached hydrogen (secondary N) is 1. The first-order valence-electron chi connectivity index (χ1n) is 10.5. The van der Waals surface area contributed by atoms with Crippen LogP contribution in [0.4, 0.5) is 0 Å². The number of ether oxygens (including phenoxy) is 2. The van der Waals surface area contributed by atoms with E-state index in [1.54, 1.807) is 7.11 Å². The molecule has 29 heavy (non-hydrogen) atoms. The normalized spacial score (nSPS) is 15.3. The molecule has 2 rings (SSSR count). The standard InChI is InChI=1S/C21H34N2O5S/c1-4-6-15-29(25,26)22-18-11-13-23(14-12-18)21(24)10-8-17-7-9-19(28-5-2)20(16-17)27-3/h7,9,16,18,22H,4-6,8,10-15H2,1-3H3. The third-order valence-corrected chi connectivity index (χ3v) is 6.63. The van der Waals surface area contributed by atoms with Gasteiger partial charge in [0, 0.05) is 25.6 Å². The molecule has 1 N–H and O–H groups in total. The number of rotatable bonds is 11. The minimum absolute atomic E-state index is 0.0729. The lowest BCUT2D eigenvalue weighted by Gasteiger charge is -2.32. The predicted octanol–water partition coefficient (Wildman–Crippen LogP) is 2.74. The number of methoxy groups -OCH3 is 1. The average Bonchev–Trinajstić information content (AvgIpc) is 2.71. The Kier molecular flexibility index (Phi) is 9.23. The van der Waals surface area contributed by atoms with Gasteiger partial charge in [0.05, 0.1) is 19.5 Å². The molecule has 1 fully saturated rings. The molecule has 164 valence electrons. The number of carbonyl (C=O) groups is 1. The van der Waals surface area contributed by atoms with Gasteiger partial charge in [-0.3, -0.25) is 4.79 Å². The van der Waals surface area contributed by atoms with Gasteiger partial charge >= 0.3 is 0 Å². The van der Waals surface area contributed by atoms with Gasteiger partial charge in [-0.1, -0.05) is 19.4 Å². The van der Waals surface area contributed by atoms with Crippen molar-refractivity contribution in [2.45, 2.75) is 58.4 Å². The van der Waals surface area contributed by atoms with Crippen LogP contribution < -0.4 is 14.2 Å². The van der Waals surface area contributed by atoms with Gasteiger partial charge in [-0.05, 0) is 50.3 Å². The van der Waals surface area contributed by atoms with Crippen LogP contribution >= 0.6 is 0 Å². The summed E-state index contributed by atoms with van der Waals surface area (Å²) in [5, 5.41) is 0. The number of nitrogens with zero attached hydrogens (tertiary/aromatic N) is 1. The molecule has 1 aliphatic heterocycles. The summed E-state index contributed by atoms with van der Waals surface area (Å²) in [4.78, 5) is 14.4. The third-order valence-electron chi connectivity index (χ3n) is 5.12. The number of hydrogen-bond acceptors (Lipinski definition) is 5. The van der Waals surface area contributed by atoms with Crippen molar-refractivity contribution < 1.29 is 22.7 Å². The topological polar surface area (TPSA) is 84.9 Å².